The topological polar surface area (TPSA) is 61.8 Å². The normalized spacial score (nSPS) is 10.0. The summed E-state index contributed by atoms with van der Waals surface area (Å²) in [6.07, 6.45) is 0.929. The first-order valence-corrected chi connectivity index (χ1v) is 7.27. The van der Waals surface area contributed by atoms with Crippen molar-refractivity contribution in [3.05, 3.63) is 59.7 Å². The summed E-state index contributed by atoms with van der Waals surface area (Å²) in [5.41, 5.74) is 0.727. The Morgan fingerprint density at radius 1 is 0.826 bits per heavy atom. The average molecular weight is 314 g/mol. The van der Waals surface area contributed by atoms with Crippen LogP contribution in [-0.4, -0.2) is 25.7 Å². The molecule has 2 aromatic carbocycles. The summed E-state index contributed by atoms with van der Waals surface area (Å²) >= 11 is 0. The maximum atomic E-state index is 12.1. The molecule has 0 fully saturated rings. The van der Waals surface area contributed by atoms with E-state index in [4.69, 9.17) is 9.47 Å². The molecule has 0 N–H and O–H groups in total. The molecule has 0 unspecified atom stereocenters. The molecule has 0 amide bonds. The molecule has 0 saturated carbocycles. The van der Waals surface area contributed by atoms with Gasteiger partial charge in [-0.15, -0.1) is 0 Å². The molecule has 0 aromatic heterocycles. The Labute approximate surface area is 134 Å². The van der Waals surface area contributed by atoms with E-state index < -0.39 is 11.9 Å². The zero-order valence-electron chi connectivity index (χ0n) is 13.1. The highest BCUT2D eigenvalue weighted by Gasteiger charge is 2.11. The van der Waals surface area contributed by atoms with Crippen LogP contribution < -0.4 is 9.47 Å². The SMILES string of the molecule is CCCOc1ccc(OC(=O)c2ccc(C(=O)OC)cc2)cc1. The van der Waals surface area contributed by atoms with Gasteiger partial charge in [0.25, 0.3) is 0 Å². The van der Waals surface area contributed by atoms with Crippen LogP contribution in [0.3, 0.4) is 0 Å². The van der Waals surface area contributed by atoms with Gasteiger partial charge in [-0.25, -0.2) is 9.59 Å². The number of esters is 2. The molecule has 0 heterocycles. The largest absolute Gasteiger partial charge is 0.494 e. The number of carbonyl (C=O) groups is 2. The number of benzene rings is 2. The highest BCUT2D eigenvalue weighted by atomic mass is 16.5. The minimum absolute atomic E-state index is 0.351. The van der Waals surface area contributed by atoms with Crippen LogP contribution >= 0.6 is 0 Å². The lowest BCUT2D eigenvalue weighted by Crippen LogP contribution is -2.09. The Bertz CT molecular complexity index is 659. The fourth-order valence-electron chi connectivity index (χ4n) is 1.85. The van der Waals surface area contributed by atoms with Crippen molar-refractivity contribution in [1.82, 2.24) is 0 Å². The number of carbonyl (C=O) groups excluding carboxylic acids is 2. The lowest BCUT2D eigenvalue weighted by molar-refractivity contribution is 0.0599. The minimum Gasteiger partial charge on any atom is -0.494 e. The van der Waals surface area contributed by atoms with Crippen LogP contribution in [0.15, 0.2) is 48.5 Å². The van der Waals surface area contributed by atoms with E-state index in [0.29, 0.717) is 23.5 Å². The van der Waals surface area contributed by atoms with E-state index in [1.54, 1.807) is 24.3 Å². The van der Waals surface area contributed by atoms with Crippen molar-refractivity contribution in [2.75, 3.05) is 13.7 Å². The molecule has 0 spiro atoms. The first kappa shape index (κ1) is 16.5. The molecule has 0 aliphatic carbocycles. The van der Waals surface area contributed by atoms with Gasteiger partial charge in [0, 0.05) is 0 Å². The van der Waals surface area contributed by atoms with E-state index in [9.17, 15) is 9.59 Å². The Morgan fingerprint density at radius 2 is 1.35 bits per heavy atom. The minimum atomic E-state index is -0.497. The van der Waals surface area contributed by atoms with E-state index in [2.05, 4.69) is 4.74 Å². The smallest absolute Gasteiger partial charge is 0.343 e. The summed E-state index contributed by atoms with van der Waals surface area (Å²) in [5, 5.41) is 0. The summed E-state index contributed by atoms with van der Waals surface area (Å²) in [4.78, 5) is 23.4. The molecule has 5 heteroatoms. The van der Waals surface area contributed by atoms with Crippen molar-refractivity contribution in [3.8, 4) is 11.5 Å². The number of hydrogen-bond donors (Lipinski definition) is 0. The summed E-state index contributed by atoms with van der Waals surface area (Å²) in [7, 11) is 1.30. The Morgan fingerprint density at radius 3 is 1.87 bits per heavy atom. The first-order valence-electron chi connectivity index (χ1n) is 7.27. The van der Waals surface area contributed by atoms with E-state index >= 15 is 0 Å². The van der Waals surface area contributed by atoms with Crippen molar-refractivity contribution >= 4 is 11.9 Å². The van der Waals surface area contributed by atoms with E-state index in [-0.39, 0.29) is 0 Å². The molecule has 120 valence electrons. The summed E-state index contributed by atoms with van der Waals surface area (Å²) in [5.74, 6) is 0.209. The molecule has 2 aromatic rings. The predicted molar refractivity (Wildman–Crippen MR) is 85.0 cm³/mol. The molecule has 0 saturated heterocycles. The standard InChI is InChI=1S/C18H18O5/c1-3-12-22-15-8-10-16(11-9-15)23-18(20)14-6-4-13(5-7-14)17(19)21-2/h4-11H,3,12H2,1-2H3. The zero-order chi connectivity index (χ0) is 16.7. The Balaban J connectivity index is 1.99. The zero-order valence-corrected chi connectivity index (χ0v) is 13.1. The third-order valence-corrected chi connectivity index (χ3v) is 3.05. The van der Waals surface area contributed by atoms with Crippen LogP contribution in [0.5, 0.6) is 11.5 Å². The van der Waals surface area contributed by atoms with Gasteiger partial charge in [-0.05, 0) is 55.0 Å². The van der Waals surface area contributed by atoms with Crippen molar-refractivity contribution in [2.24, 2.45) is 0 Å². The fourth-order valence-corrected chi connectivity index (χ4v) is 1.85. The Kier molecular flexibility index (Phi) is 5.74. The molecule has 0 radical (unpaired) electrons. The van der Waals surface area contributed by atoms with Gasteiger partial charge in [0.1, 0.15) is 11.5 Å². The van der Waals surface area contributed by atoms with Gasteiger partial charge in [0.05, 0.1) is 24.8 Å². The molecule has 5 nitrogen and oxygen atoms in total. The third-order valence-electron chi connectivity index (χ3n) is 3.05. The molecule has 23 heavy (non-hydrogen) atoms. The van der Waals surface area contributed by atoms with Gasteiger partial charge in [0.2, 0.25) is 0 Å². The number of ether oxygens (including phenoxy) is 3. The molecular formula is C18H18O5. The summed E-state index contributed by atoms with van der Waals surface area (Å²) in [6, 6.07) is 12.9. The van der Waals surface area contributed by atoms with Crippen LogP contribution in [0.4, 0.5) is 0 Å². The molecule has 0 bridgehead atoms. The lowest BCUT2D eigenvalue weighted by atomic mass is 10.1. The number of methoxy groups -OCH3 is 1. The van der Waals surface area contributed by atoms with Crippen molar-refractivity contribution in [2.45, 2.75) is 13.3 Å². The second-order valence-electron chi connectivity index (χ2n) is 4.78. The van der Waals surface area contributed by atoms with Crippen LogP contribution in [0.2, 0.25) is 0 Å². The fraction of sp³-hybridized carbons (Fsp3) is 0.222. The molecule has 2 rings (SSSR count). The van der Waals surface area contributed by atoms with Gasteiger partial charge < -0.3 is 14.2 Å². The second kappa shape index (κ2) is 7.98. The molecule has 0 aliphatic rings. The Hall–Kier alpha value is -2.82. The van der Waals surface area contributed by atoms with Crippen LogP contribution in [0.25, 0.3) is 0 Å². The number of hydrogen-bond acceptors (Lipinski definition) is 5. The van der Waals surface area contributed by atoms with Crippen molar-refractivity contribution in [3.63, 3.8) is 0 Å². The van der Waals surface area contributed by atoms with Crippen LogP contribution in [0.1, 0.15) is 34.1 Å². The highest BCUT2D eigenvalue weighted by Crippen LogP contribution is 2.19. The molecule has 0 aliphatic heterocycles. The van der Waals surface area contributed by atoms with Crippen LogP contribution in [0, 0.1) is 0 Å². The van der Waals surface area contributed by atoms with Gasteiger partial charge in [-0.1, -0.05) is 6.92 Å². The van der Waals surface area contributed by atoms with Crippen molar-refractivity contribution in [1.29, 1.82) is 0 Å². The van der Waals surface area contributed by atoms with Crippen molar-refractivity contribution < 1.29 is 23.8 Å². The average Bonchev–Trinajstić information content (AvgIpc) is 2.60. The van der Waals surface area contributed by atoms with E-state index in [0.717, 1.165) is 12.2 Å². The first-order chi connectivity index (χ1) is 11.1. The lowest BCUT2D eigenvalue weighted by Gasteiger charge is -2.07. The van der Waals surface area contributed by atoms with Crippen LogP contribution in [-0.2, 0) is 4.74 Å². The van der Waals surface area contributed by atoms with Gasteiger partial charge in [-0.3, -0.25) is 0 Å². The quantitative estimate of drug-likeness (QED) is 0.603. The maximum absolute atomic E-state index is 12.1. The monoisotopic (exact) mass is 314 g/mol. The molecular weight excluding hydrogens is 296 g/mol. The van der Waals surface area contributed by atoms with E-state index in [1.165, 1.54) is 31.4 Å². The predicted octanol–water partition coefficient (Wildman–Crippen LogP) is 3.48. The maximum Gasteiger partial charge on any atom is 0.343 e. The highest BCUT2D eigenvalue weighted by molar-refractivity contribution is 5.94. The van der Waals surface area contributed by atoms with Gasteiger partial charge >= 0.3 is 11.9 Å². The van der Waals surface area contributed by atoms with E-state index in [1.807, 2.05) is 6.92 Å². The van der Waals surface area contributed by atoms with Gasteiger partial charge in [-0.2, -0.15) is 0 Å². The van der Waals surface area contributed by atoms with Gasteiger partial charge in [0.15, 0.2) is 0 Å². The number of rotatable bonds is 6. The second-order valence-corrected chi connectivity index (χ2v) is 4.78. The summed E-state index contributed by atoms with van der Waals surface area (Å²) < 4.78 is 15.3. The third kappa shape index (κ3) is 4.57. The summed E-state index contributed by atoms with van der Waals surface area (Å²) in [6.45, 7) is 2.67. The molecule has 0 atom stereocenters.